The van der Waals surface area contributed by atoms with E-state index in [9.17, 15) is 0 Å². The van der Waals surface area contributed by atoms with Crippen molar-refractivity contribution in [3.05, 3.63) is 35.0 Å². The fourth-order valence-electron chi connectivity index (χ4n) is 1.97. The number of nitrogens with zero attached hydrogens (tertiary/aromatic N) is 2. The molecule has 2 rings (SSSR count). The van der Waals surface area contributed by atoms with E-state index in [0.717, 1.165) is 28.2 Å². The Hall–Kier alpha value is -1.97. The van der Waals surface area contributed by atoms with E-state index in [4.69, 9.17) is 11.5 Å². The second-order valence-corrected chi connectivity index (χ2v) is 5.00. The Morgan fingerprint density at radius 1 is 1.17 bits per heavy atom. The van der Waals surface area contributed by atoms with Crippen molar-refractivity contribution in [2.45, 2.75) is 33.6 Å². The number of rotatable bonds is 2. The Morgan fingerprint density at radius 3 is 2.39 bits per heavy atom. The largest absolute Gasteiger partial charge is 0.398 e. The number of hydrogen-bond acceptors (Lipinski definition) is 3. The van der Waals surface area contributed by atoms with Crippen LogP contribution in [-0.2, 0) is 0 Å². The van der Waals surface area contributed by atoms with E-state index in [1.165, 1.54) is 0 Å². The molecule has 0 spiro atoms. The second kappa shape index (κ2) is 4.37. The number of hydrogen-bond donors (Lipinski definition) is 2. The summed E-state index contributed by atoms with van der Waals surface area (Å²) in [5, 5.41) is 4.55. The third kappa shape index (κ3) is 1.94. The normalized spacial score (nSPS) is 11.2. The highest BCUT2D eigenvalue weighted by Gasteiger charge is 2.13. The van der Waals surface area contributed by atoms with Crippen LogP contribution < -0.4 is 11.5 Å². The molecule has 0 aliphatic carbocycles. The molecular formula is C14H20N4. The van der Waals surface area contributed by atoms with Gasteiger partial charge in [0.2, 0.25) is 0 Å². The van der Waals surface area contributed by atoms with Gasteiger partial charge in [-0.2, -0.15) is 5.10 Å². The van der Waals surface area contributed by atoms with E-state index in [1.807, 2.05) is 32.0 Å². The van der Waals surface area contributed by atoms with Crippen LogP contribution in [0.3, 0.4) is 0 Å². The zero-order chi connectivity index (χ0) is 13.4. The minimum absolute atomic E-state index is 0.358. The summed E-state index contributed by atoms with van der Waals surface area (Å²) >= 11 is 0. The maximum absolute atomic E-state index is 6.05. The molecule has 1 aromatic carbocycles. The van der Waals surface area contributed by atoms with Gasteiger partial charge in [-0.1, -0.05) is 19.9 Å². The van der Waals surface area contributed by atoms with Gasteiger partial charge < -0.3 is 11.5 Å². The Labute approximate surface area is 108 Å². The highest BCUT2D eigenvalue weighted by molar-refractivity contribution is 5.62. The van der Waals surface area contributed by atoms with Gasteiger partial charge in [0, 0.05) is 11.8 Å². The van der Waals surface area contributed by atoms with Crippen LogP contribution in [0.5, 0.6) is 0 Å². The monoisotopic (exact) mass is 244 g/mol. The highest BCUT2D eigenvalue weighted by atomic mass is 15.3. The summed E-state index contributed by atoms with van der Waals surface area (Å²) in [6.45, 7) is 8.19. The molecule has 1 heterocycles. The van der Waals surface area contributed by atoms with Gasteiger partial charge in [0.25, 0.3) is 0 Å². The first kappa shape index (κ1) is 12.5. The van der Waals surface area contributed by atoms with Crippen LogP contribution >= 0.6 is 0 Å². The summed E-state index contributed by atoms with van der Waals surface area (Å²) in [5.74, 6) is 1.00. The molecule has 4 heteroatoms. The van der Waals surface area contributed by atoms with Crippen LogP contribution in [0.25, 0.3) is 5.69 Å². The third-order valence-electron chi connectivity index (χ3n) is 3.28. The summed E-state index contributed by atoms with van der Waals surface area (Å²) in [5.41, 5.74) is 16.9. The first-order valence-electron chi connectivity index (χ1n) is 6.13. The fraction of sp³-hybridized carbons (Fsp3) is 0.357. The molecule has 0 radical (unpaired) electrons. The van der Waals surface area contributed by atoms with E-state index in [1.54, 1.807) is 4.68 Å². The Morgan fingerprint density at radius 2 is 1.83 bits per heavy atom. The van der Waals surface area contributed by atoms with Crippen LogP contribution in [-0.4, -0.2) is 9.78 Å². The second-order valence-electron chi connectivity index (χ2n) is 5.00. The minimum atomic E-state index is 0.358. The third-order valence-corrected chi connectivity index (χ3v) is 3.28. The fourth-order valence-corrected chi connectivity index (χ4v) is 1.97. The molecule has 96 valence electrons. The van der Waals surface area contributed by atoms with E-state index in [-0.39, 0.29) is 0 Å². The number of aromatic nitrogens is 2. The summed E-state index contributed by atoms with van der Waals surface area (Å²) < 4.78 is 1.76. The molecule has 4 N–H and O–H groups in total. The Kier molecular flexibility index (Phi) is 3.03. The van der Waals surface area contributed by atoms with Crippen molar-refractivity contribution in [1.82, 2.24) is 9.78 Å². The Bertz CT molecular complexity index is 582. The molecule has 0 saturated heterocycles. The zero-order valence-corrected chi connectivity index (χ0v) is 11.4. The molecular weight excluding hydrogens is 224 g/mol. The molecule has 0 unspecified atom stereocenters. The van der Waals surface area contributed by atoms with Gasteiger partial charge in [0.1, 0.15) is 5.82 Å². The first-order chi connectivity index (χ1) is 8.41. The SMILES string of the molecule is Cc1ccc(-n2nc(C(C)C)cc2N)c(C)c1N. The summed E-state index contributed by atoms with van der Waals surface area (Å²) in [7, 11) is 0. The molecule has 0 aliphatic heterocycles. The van der Waals surface area contributed by atoms with Crippen molar-refractivity contribution in [1.29, 1.82) is 0 Å². The van der Waals surface area contributed by atoms with E-state index < -0.39 is 0 Å². The van der Waals surface area contributed by atoms with Crippen molar-refractivity contribution in [3.63, 3.8) is 0 Å². The molecule has 0 aliphatic rings. The van der Waals surface area contributed by atoms with Crippen LogP contribution in [0, 0.1) is 13.8 Å². The van der Waals surface area contributed by atoms with E-state index >= 15 is 0 Å². The number of benzene rings is 1. The molecule has 0 saturated carbocycles. The molecule has 0 amide bonds. The lowest BCUT2D eigenvalue weighted by Gasteiger charge is -2.12. The van der Waals surface area contributed by atoms with Gasteiger partial charge in [0.15, 0.2) is 0 Å². The molecule has 18 heavy (non-hydrogen) atoms. The van der Waals surface area contributed by atoms with Gasteiger partial charge in [-0.05, 0) is 37.0 Å². The summed E-state index contributed by atoms with van der Waals surface area (Å²) in [6, 6.07) is 5.92. The van der Waals surface area contributed by atoms with Gasteiger partial charge >= 0.3 is 0 Å². The van der Waals surface area contributed by atoms with E-state index in [0.29, 0.717) is 11.7 Å². The van der Waals surface area contributed by atoms with Gasteiger partial charge in [-0.25, -0.2) is 4.68 Å². The van der Waals surface area contributed by atoms with Crippen molar-refractivity contribution >= 4 is 11.5 Å². The maximum atomic E-state index is 6.05. The average Bonchev–Trinajstić information content (AvgIpc) is 2.69. The van der Waals surface area contributed by atoms with Crippen molar-refractivity contribution < 1.29 is 0 Å². The molecule has 0 fully saturated rings. The number of aryl methyl sites for hydroxylation is 1. The lowest BCUT2D eigenvalue weighted by molar-refractivity contribution is 0.769. The van der Waals surface area contributed by atoms with Crippen molar-refractivity contribution in [2.24, 2.45) is 0 Å². The predicted octanol–water partition coefficient (Wildman–Crippen LogP) is 2.78. The summed E-state index contributed by atoms with van der Waals surface area (Å²) in [6.07, 6.45) is 0. The number of nitrogen functional groups attached to an aromatic ring is 2. The molecule has 2 aromatic rings. The van der Waals surface area contributed by atoms with E-state index in [2.05, 4.69) is 18.9 Å². The molecule has 4 nitrogen and oxygen atoms in total. The van der Waals surface area contributed by atoms with Gasteiger partial charge in [-0.3, -0.25) is 0 Å². The smallest absolute Gasteiger partial charge is 0.127 e. The molecule has 0 bridgehead atoms. The standard InChI is InChI=1S/C14H20N4/c1-8(2)11-7-13(15)18(17-11)12-6-5-9(3)14(16)10(12)4/h5-8H,15-16H2,1-4H3. The van der Waals surface area contributed by atoms with Crippen LogP contribution in [0.1, 0.15) is 36.6 Å². The predicted molar refractivity (Wildman–Crippen MR) is 76.0 cm³/mol. The molecule has 0 atom stereocenters. The van der Waals surface area contributed by atoms with Crippen molar-refractivity contribution in [3.8, 4) is 5.69 Å². The highest BCUT2D eigenvalue weighted by Crippen LogP contribution is 2.26. The van der Waals surface area contributed by atoms with Crippen molar-refractivity contribution in [2.75, 3.05) is 11.5 Å². The van der Waals surface area contributed by atoms with Gasteiger partial charge in [-0.15, -0.1) is 0 Å². The topological polar surface area (TPSA) is 69.9 Å². The van der Waals surface area contributed by atoms with Crippen LogP contribution in [0.2, 0.25) is 0 Å². The zero-order valence-electron chi connectivity index (χ0n) is 11.4. The summed E-state index contributed by atoms with van der Waals surface area (Å²) in [4.78, 5) is 0. The number of nitrogens with two attached hydrogens (primary N) is 2. The maximum Gasteiger partial charge on any atom is 0.127 e. The first-order valence-corrected chi connectivity index (χ1v) is 6.13. The Balaban J connectivity index is 2.59. The lowest BCUT2D eigenvalue weighted by Crippen LogP contribution is -2.06. The van der Waals surface area contributed by atoms with Crippen LogP contribution in [0.4, 0.5) is 11.5 Å². The lowest BCUT2D eigenvalue weighted by atomic mass is 10.1. The average molecular weight is 244 g/mol. The molecule has 1 aromatic heterocycles. The van der Waals surface area contributed by atoms with Gasteiger partial charge in [0.05, 0.1) is 11.4 Å². The number of anilines is 2. The minimum Gasteiger partial charge on any atom is -0.398 e. The quantitative estimate of drug-likeness (QED) is 0.798. The van der Waals surface area contributed by atoms with Crippen LogP contribution in [0.15, 0.2) is 18.2 Å².